The first kappa shape index (κ1) is 22.0. The standard InChI is InChI=1S/C24H34O2/c1-19(2)9-7-10-20(3)11-8-12-21(4)15-16-22-13-5-6-14-23(22)17-18-24(25)26/h5-6,9,11,13-14,17-18,21H,7-8,10,12,15-16H2,1-4H3,(H,25,26)/b18-17+,20-11+. The van der Waals surface area contributed by atoms with E-state index in [4.69, 9.17) is 5.11 Å². The van der Waals surface area contributed by atoms with Gasteiger partial charge in [0, 0.05) is 6.08 Å². The molecular weight excluding hydrogens is 320 g/mol. The average Bonchev–Trinajstić information content (AvgIpc) is 2.58. The molecule has 26 heavy (non-hydrogen) atoms. The minimum Gasteiger partial charge on any atom is -0.478 e. The van der Waals surface area contributed by atoms with Gasteiger partial charge in [0.05, 0.1) is 0 Å². The normalized spacial score (nSPS) is 13.0. The molecule has 1 atom stereocenters. The number of hydrogen-bond donors (Lipinski definition) is 1. The van der Waals surface area contributed by atoms with Gasteiger partial charge in [0.25, 0.3) is 0 Å². The van der Waals surface area contributed by atoms with Crippen LogP contribution in [0, 0.1) is 5.92 Å². The van der Waals surface area contributed by atoms with E-state index >= 15 is 0 Å². The third-order valence-corrected chi connectivity index (χ3v) is 4.61. The predicted molar refractivity (Wildman–Crippen MR) is 112 cm³/mol. The van der Waals surface area contributed by atoms with Crippen molar-refractivity contribution < 1.29 is 9.90 Å². The number of hydrogen-bond acceptors (Lipinski definition) is 1. The second-order valence-corrected chi connectivity index (χ2v) is 7.46. The highest BCUT2D eigenvalue weighted by molar-refractivity contribution is 5.85. The molecule has 0 fully saturated rings. The molecule has 2 heteroatoms. The van der Waals surface area contributed by atoms with Crippen molar-refractivity contribution in [2.75, 3.05) is 0 Å². The van der Waals surface area contributed by atoms with E-state index in [2.05, 4.69) is 45.9 Å². The molecule has 0 saturated carbocycles. The highest BCUT2D eigenvalue weighted by Crippen LogP contribution is 2.19. The van der Waals surface area contributed by atoms with Crippen LogP contribution in [0.25, 0.3) is 6.08 Å². The van der Waals surface area contributed by atoms with Crippen LogP contribution in [0.5, 0.6) is 0 Å². The Bertz CT molecular complexity index is 646. The van der Waals surface area contributed by atoms with E-state index in [9.17, 15) is 4.79 Å². The van der Waals surface area contributed by atoms with Gasteiger partial charge in [-0.25, -0.2) is 4.79 Å². The average molecular weight is 355 g/mol. The first-order chi connectivity index (χ1) is 12.4. The molecular formula is C24H34O2. The predicted octanol–water partition coefficient (Wildman–Crippen LogP) is 6.83. The molecule has 1 N–H and O–H groups in total. The van der Waals surface area contributed by atoms with Gasteiger partial charge >= 0.3 is 5.97 Å². The number of aliphatic carboxylic acids is 1. The Morgan fingerprint density at radius 2 is 1.81 bits per heavy atom. The molecule has 1 aromatic rings. The lowest BCUT2D eigenvalue weighted by Gasteiger charge is -2.12. The lowest BCUT2D eigenvalue weighted by Crippen LogP contribution is -1.99. The van der Waals surface area contributed by atoms with Crippen LogP contribution >= 0.6 is 0 Å². The van der Waals surface area contributed by atoms with Crippen LogP contribution in [0.15, 0.2) is 53.6 Å². The summed E-state index contributed by atoms with van der Waals surface area (Å²) in [5.41, 5.74) is 5.12. The fraction of sp³-hybridized carbons (Fsp3) is 0.458. The highest BCUT2D eigenvalue weighted by atomic mass is 16.4. The SMILES string of the molecule is CC(C)=CCC/C(C)=C/CCC(C)CCc1ccccc1/C=C/C(=O)O. The Hall–Kier alpha value is -2.09. The zero-order chi connectivity index (χ0) is 19.4. The summed E-state index contributed by atoms with van der Waals surface area (Å²) in [6.45, 7) is 8.84. The van der Waals surface area contributed by atoms with Gasteiger partial charge in [-0.15, -0.1) is 0 Å². The molecule has 0 aliphatic heterocycles. The third-order valence-electron chi connectivity index (χ3n) is 4.61. The van der Waals surface area contributed by atoms with E-state index in [1.807, 2.05) is 18.2 Å². The molecule has 1 aromatic carbocycles. The van der Waals surface area contributed by atoms with Crippen molar-refractivity contribution in [1.82, 2.24) is 0 Å². The van der Waals surface area contributed by atoms with Crippen molar-refractivity contribution in [3.05, 3.63) is 64.8 Å². The van der Waals surface area contributed by atoms with E-state index in [-0.39, 0.29) is 0 Å². The number of rotatable bonds is 11. The van der Waals surface area contributed by atoms with Crippen LogP contribution in [-0.2, 0) is 11.2 Å². The van der Waals surface area contributed by atoms with Crippen LogP contribution in [0.4, 0.5) is 0 Å². The lowest BCUT2D eigenvalue weighted by atomic mass is 9.94. The van der Waals surface area contributed by atoms with Crippen molar-refractivity contribution in [2.24, 2.45) is 5.92 Å². The molecule has 0 heterocycles. The van der Waals surface area contributed by atoms with E-state index < -0.39 is 5.97 Å². The zero-order valence-electron chi connectivity index (χ0n) is 16.8. The maximum absolute atomic E-state index is 10.7. The van der Waals surface area contributed by atoms with Crippen molar-refractivity contribution >= 4 is 12.0 Å². The van der Waals surface area contributed by atoms with E-state index in [1.54, 1.807) is 6.08 Å². The van der Waals surface area contributed by atoms with Crippen molar-refractivity contribution in [1.29, 1.82) is 0 Å². The fourth-order valence-electron chi connectivity index (χ4n) is 2.94. The summed E-state index contributed by atoms with van der Waals surface area (Å²) in [7, 11) is 0. The molecule has 0 spiro atoms. The van der Waals surface area contributed by atoms with Crippen LogP contribution in [-0.4, -0.2) is 11.1 Å². The zero-order valence-corrected chi connectivity index (χ0v) is 16.8. The summed E-state index contributed by atoms with van der Waals surface area (Å²) in [5, 5.41) is 8.81. The maximum atomic E-state index is 10.7. The van der Waals surface area contributed by atoms with Crippen LogP contribution < -0.4 is 0 Å². The van der Waals surface area contributed by atoms with Gasteiger partial charge in [0.15, 0.2) is 0 Å². The molecule has 0 aliphatic rings. The molecule has 1 unspecified atom stereocenters. The molecule has 0 radical (unpaired) electrons. The smallest absolute Gasteiger partial charge is 0.328 e. The van der Waals surface area contributed by atoms with Crippen molar-refractivity contribution in [2.45, 2.75) is 66.2 Å². The first-order valence-corrected chi connectivity index (χ1v) is 9.66. The molecule has 0 aliphatic carbocycles. The van der Waals surface area contributed by atoms with Gasteiger partial charge in [-0.3, -0.25) is 0 Å². The third kappa shape index (κ3) is 10.0. The second kappa shape index (κ2) is 12.3. The van der Waals surface area contributed by atoms with Gasteiger partial charge in [-0.1, -0.05) is 54.5 Å². The summed E-state index contributed by atoms with van der Waals surface area (Å²) in [6, 6.07) is 8.06. The number of carbonyl (C=O) groups is 1. The maximum Gasteiger partial charge on any atom is 0.328 e. The summed E-state index contributed by atoms with van der Waals surface area (Å²) in [4.78, 5) is 10.7. The van der Waals surface area contributed by atoms with Crippen LogP contribution in [0.3, 0.4) is 0 Å². The van der Waals surface area contributed by atoms with E-state index in [1.165, 1.54) is 29.2 Å². The minimum atomic E-state index is -0.903. The topological polar surface area (TPSA) is 37.3 Å². The van der Waals surface area contributed by atoms with Gasteiger partial charge in [-0.05, 0) is 82.4 Å². The molecule has 142 valence electrons. The van der Waals surface area contributed by atoms with Gasteiger partial charge in [0.2, 0.25) is 0 Å². The molecule has 0 aromatic heterocycles. The largest absolute Gasteiger partial charge is 0.478 e. The minimum absolute atomic E-state index is 0.661. The van der Waals surface area contributed by atoms with Gasteiger partial charge in [-0.2, -0.15) is 0 Å². The Balaban J connectivity index is 2.42. The lowest BCUT2D eigenvalue weighted by molar-refractivity contribution is -0.131. The quantitative estimate of drug-likeness (QED) is 0.349. The Labute approximate surface area is 159 Å². The molecule has 2 nitrogen and oxygen atoms in total. The summed E-state index contributed by atoms with van der Waals surface area (Å²) in [5.74, 6) is -0.242. The number of carboxylic acid groups (broad SMARTS) is 1. The summed E-state index contributed by atoms with van der Waals surface area (Å²) >= 11 is 0. The van der Waals surface area contributed by atoms with Crippen LogP contribution in [0.2, 0.25) is 0 Å². The second-order valence-electron chi connectivity index (χ2n) is 7.46. The van der Waals surface area contributed by atoms with E-state index in [0.29, 0.717) is 5.92 Å². The van der Waals surface area contributed by atoms with Gasteiger partial charge < -0.3 is 5.11 Å². The Morgan fingerprint density at radius 1 is 1.08 bits per heavy atom. The van der Waals surface area contributed by atoms with Crippen molar-refractivity contribution in [3.63, 3.8) is 0 Å². The number of benzene rings is 1. The van der Waals surface area contributed by atoms with Crippen molar-refractivity contribution in [3.8, 4) is 0 Å². The molecule has 0 amide bonds. The molecule has 1 rings (SSSR count). The monoisotopic (exact) mass is 354 g/mol. The summed E-state index contributed by atoms with van der Waals surface area (Å²) < 4.78 is 0. The number of carboxylic acids is 1. The van der Waals surface area contributed by atoms with E-state index in [0.717, 1.165) is 37.7 Å². The summed E-state index contributed by atoms with van der Waals surface area (Å²) in [6.07, 6.45) is 14.4. The van der Waals surface area contributed by atoms with Crippen LogP contribution in [0.1, 0.15) is 70.9 Å². The fourth-order valence-corrected chi connectivity index (χ4v) is 2.94. The highest BCUT2D eigenvalue weighted by Gasteiger charge is 2.05. The van der Waals surface area contributed by atoms with Gasteiger partial charge in [0.1, 0.15) is 0 Å². The Kier molecular flexibility index (Phi) is 10.4. The molecule has 0 saturated heterocycles. The number of aryl methyl sites for hydroxylation is 1. The molecule has 0 bridgehead atoms. The Morgan fingerprint density at radius 3 is 2.50 bits per heavy atom. The first-order valence-electron chi connectivity index (χ1n) is 9.66. The number of allylic oxidation sites excluding steroid dienone is 4.